The van der Waals surface area contributed by atoms with Gasteiger partial charge in [-0.3, -0.25) is 19.2 Å². The van der Waals surface area contributed by atoms with E-state index in [1.165, 1.54) is 48.1 Å². The van der Waals surface area contributed by atoms with Crippen LogP contribution >= 0.6 is 11.6 Å². The van der Waals surface area contributed by atoms with E-state index in [0.29, 0.717) is 31.9 Å². The molecular formula is C32H34ClF3N10O5. The van der Waals surface area contributed by atoms with Gasteiger partial charge in [0.05, 0.1) is 39.9 Å². The number of carbonyl (C=O) groups is 4. The van der Waals surface area contributed by atoms with Crippen molar-refractivity contribution in [3.63, 3.8) is 0 Å². The van der Waals surface area contributed by atoms with Crippen LogP contribution in [0.1, 0.15) is 39.5 Å². The van der Waals surface area contributed by atoms with Gasteiger partial charge < -0.3 is 35.8 Å². The molecule has 0 aliphatic carbocycles. The van der Waals surface area contributed by atoms with E-state index >= 15 is 0 Å². The molecule has 3 amide bonds. The second-order valence-corrected chi connectivity index (χ2v) is 12.1. The van der Waals surface area contributed by atoms with Gasteiger partial charge >= 0.3 is 6.18 Å². The highest BCUT2D eigenvalue weighted by atomic mass is 35.5. The summed E-state index contributed by atoms with van der Waals surface area (Å²) in [5.41, 5.74) is 4.96. The molecule has 51 heavy (non-hydrogen) atoms. The number of pyridine rings is 1. The topological polar surface area (TPSA) is 194 Å². The zero-order valence-corrected chi connectivity index (χ0v) is 28.0. The van der Waals surface area contributed by atoms with Gasteiger partial charge in [0.1, 0.15) is 0 Å². The van der Waals surface area contributed by atoms with Crippen molar-refractivity contribution in [2.24, 2.45) is 13.0 Å². The zero-order valence-electron chi connectivity index (χ0n) is 27.2. The van der Waals surface area contributed by atoms with E-state index in [1.807, 2.05) is 4.90 Å². The Balaban J connectivity index is 0.00000162. The third kappa shape index (κ3) is 8.29. The number of anilines is 2. The van der Waals surface area contributed by atoms with E-state index in [9.17, 15) is 27.6 Å². The Morgan fingerprint density at radius 1 is 1.04 bits per heavy atom. The minimum atomic E-state index is -4.81. The van der Waals surface area contributed by atoms with Crippen molar-refractivity contribution in [1.82, 2.24) is 39.4 Å². The molecule has 0 radical (unpaired) electrons. The number of halogens is 4. The number of amides is 3. The number of hydrogen-bond acceptors (Lipinski definition) is 9. The first kappa shape index (κ1) is 36.8. The summed E-state index contributed by atoms with van der Waals surface area (Å²) in [5.74, 6) is -0.926. The molecule has 3 aromatic heterocycles. The fourth-order valence-corrected chi connectivity index (χ4v) is 6.13. The summed E-state index contributed by atoms with van der Waals surface area (Å²) in [6.07, 6.45) is 0.413. The van der Waals surface area contributed by atoms with Gasteiger partial charge in [0.2, 0.25) is 5.91 Å². The molecular weight excluding hydrogens is 697 g/mol. The predicted molar refractivity (Wildman–Crippen MR) is 179 cm³/mol. The molecule has 2 fully saturated rings. The van der Waals surface area contributed by atoms with E-state index in [1.54, 1.807) is 4.90 Å². The van der Waals surface area contributed by atoms with Crippen LogP contribution in [-0.2, 0) is 22.8 Å². The number of aromatic nitrogens is 5. The van der Waals surface area contributed by atoms with Gasteiger partial charge in [-0.05, 0) is 56.3 Å². The Kier molecular flexibility index (Phi) is 11.2. The van der Waals surface area contributed by atoms with E-state index in [0.717, 1.165) is 43.0 Å². The molecule has 0 saturated carbocycles. The van der Waals surface area contributed by atoms with Crippen molar-refractivity contribution in [2.75, 3.05) is 50.3 Å². The lowest BCUT2D eigenvalue weighted by Crippen LogP contribution is -2.52. The number of rotatable bonds is 6. The molecule has 5 heterocycles. The van der Waals surface area contributed by atoms with Crippen molar-refractivity contribution < 1.29 is 37.5 Å². The lowest BCUT2D eigenvalue weighted by molar-refractivity contribution is -0.141. The van der Waals surface area contributed by atoms with Crippen LogP contribution in [-0.4, -0.2) is 103 Å². The summed E-state index contributed by atoms with van der Waals surface area (Å²) in [7, 11) is 1.41. The number of carboxylic acid groups (broad SMARTS) is 1. The van der Waals surface area contributed by atoms with Gasteiger partial charge in [0.25, 0.3) is 18.3 Å². The first-order chi connectivity index (χ1) is 24.3. The van der Waals surface area contributed by atoms with Crippen LogP contribution in [0.5, 0.6) is 0 Å². The molecule has 2 saturated heterocycles. The lowest BCUT2D eigenvalue weighted by Gasteiger charge is -2.37. The number of nitrogen functional groups attached to an aromatic ring is 1. The number of nitrogens with zero attached hydrogens (tertiary/aromatic N) is 7. The summed E-state index contributed by atoms with van der Waals surface area (Å²) in [4.78, 5) is 59.2. The summed E-state index contributed by atoms with van der Waals surface area (Å²) < 4.78 is 44.2. The maximum Gasteiger partial charge on any atom is 0.435 e. The third-order valence-corrected chi connectivity index (χ3v) is 8.79. The molecule has 0 unspecified atom stereocenters. The Morgan fingerprint density at radius 3 is 2.31 bits per heavy atom. The Hall–Kier alpha value is -5.49. The van der Waals surface area contributed by atoms with Crippen molar-refractivity contribution in [1.29, 1.82) is 0 Å². The van der Waals surface area contributed by atoms with Crippen LogP contribution in [0.3, 0.4) is 0 Å². The Bertz CT molecular complexity index is 1900. The number of nitrogens with one attached hydrogen (secondary N) is 2. The van der Waals surface area contributed by atoms with Crippen molar-refractivity contribution in [2.45, 2.75) is 19.0 Å². The third-order valence-electron chi connectivity index (χ3n) is 8.48. The molecule has 0 atom stereocenters. The van der Waals surface area contributed by atoms with E-state index in [-0.39, 0.29) is 63.4 Å². The Morgan fingerprint density at radius 2 is 1.71 bits per heavy atom. The highest BCUT2D eigenvalue weighted by Crippen LogP contribution is 2.37. The average molecular weight is 731 g/mol. The fraction of sp³-hybridized carbons (Fsp3) is 0.344. The molecule has 270 valence electrons. The van der Waals surface area contributed by atoms with Gasteiger partial charge in [-0.1, -0.05) is 11.6 Å². The molecule has 0 spiro atoms. The molecule has 15 nitrogen and oxygen atoms in total. The van der Waals surface area contributed by atoms with Crippen LogP contribution in [0, 0.1) is 5.92 Å². The number of carbonyl (C=O) groups excluding carboxylic acids is 3. The lowest BCUT2D eigenvalue weighted by atomic mass is 9.96. The van der Waals surface area contributed by atoms with Crippen LogP contribution in [0.15, 0.2) is 48.9 Å². The van der Waals surface area contributed by atoms with Gasteiger partial charge in [-0.15, -0.1) is 0 Å². The summed E-state index contributed by atoms with van der Waals surface area (Å²) >= 11 is 6.47. The number of alkyl halides is 3. The summed E-state index contributed by atoms with van der Waals surface area (Å²) in [5, 5.41) is 16.6. The highest BCUT2D eigenvalue weighted by molar-refractivity contribution is 6.34. The molecule has 19 heteroatoms. The zero-order chi connectivity index (χ0) is 36.9. The number of hydrogen-bond donors (Lipinski definition) is 4. The molecule has 6 rings (SSSR count). The van der Waals surface area contributed by atoms with Crippen molar-refractivity contribution in [3.8, 4) is 17.1 Å². The van der Waals surface area contributed by atoms with E-state index < -0.39 is 17.8 Å². The van der Waals surface area contributed by atoms with Crippen LogP contribution in [0.2, 0.25) is 5.02 Å². The van der Waals surface area contributed by atoms with Gasteiger partial charge in [-0.2, -0.15) is 18.3 Å². The number of piperazine rings is 1. The largest absolute Gasteiger partial charge is 0.483 e. The first-order valence-electron chi connectivity index (χ1n) is 15.7. The van der Waals surface area contributed by atoms with Crippen LogP contribution < -0.4 is 16.4 Å². The number of imidazole rings is 1. The SMILES string of the molecule is Cn1c(-c2cn(-c3ccc(N)cn3)nc2C(F)(F)F)cnc1C(=O)Nc1ccc(C(=O)N2CCN(C(=O)C3CCNCC3)CC2)c(Cl)c1.O=CO. The molecule has 2 aliphatic heterocycles. The molecule has 4 aromatic rings. The maximum atomic E-state index is 14.0. The fourth-order valence-electron chi connectivity index (χ4n) is 5.87. The van der Waals surface area contributed by atoms with Crippen LogP contribution in [0.4, 0.5) is 24.5 Å². The van der Waals surface area contributed by atoms with Gasteiger partial charge in [0.15, 0.2) is 17.3 Å². The van der Waals surface area contributed by atoms with Crippen LogP contribution in [0.25, 0.3) is 17.1 Å². The molecule has 2 aliphatic rings. The summed E-state index contributed by atoms with van der Waals surface area (Å²) in [6, 6.07) is 7.32. The second-order valence-electron chi connectivity index (χ2n) is 11.7. The predicted octanol–water partition coefficient (Wildman–Crippen LogP) is 3.16. The molecule has 1 aromatic carbocycles. The molecule has 5 N–H and O–H groups in total. The average Bonchev–Trinajstić information content (AvgIpc) is 3.73. The minimum Gasteiger partial charge on any atom is -0.483 e. The van der Waals surface area contributed by atoms with E-state index in [4.69, 9.17) is 27.2 Å². The van der Waals surface area contributed by atoms with Crippen molar-refractivity contribution >= 4 is 47.2 Å². The first-order valence-corrected chi connectivity index (χ1v) is 16.1. The monoisotopic (exact) mass is 730 g/mol. The normalized spacial score (nSPS) is 15.2. The number of piperidine rings is 1. The van der Waals surface area contributed by atoms with Crippen molar-refractivity contribution in [3.05, 3.63) is 71.0 Å². The number of benzene rings is 1. The maximum absolute atomic E-state index is 14.0. The van der Waals surface area contributed by atoms with Gasteiger partial charge in [-0.25, -0.2) is 14.6 Å². The second kappa shape index (κ2) is 15.6. The number of nitrogens with two attached hydrogens (primary N) is 1. The smallest absolute Gasteiger partial charge is 0.435 e. The Labute approximate surface area is 294 Å². The minimum absolute atomic E-state index is 0.00862. The van der Waals surface area contributed by atoms with Gasteiger partial charge in [0, 0.05) is 51.0 Å². The van der Waals surface area contributed by atoms with E-state index in [2.05, 4.69) is 25.7 Å². The summed E-state index contributed by atoms with van der Waals surface area (Å²) in [6.45, 7) is 3.03. The highest BCUT2D eigenvalue weighted by Gasteiger charge is 2.39. The molecule has 0 bridgehead atoms. The standard InChI is InChI=1S/C31H32ClF3N10O3.CH2O2/c1-42-24(22-17-45(41-26(22)31(33,34)35)25-5-2-19(36)15-38-25)16-39-27(42)28(46)40-20-3-4-21(23(32)14-20)30(48)44-12-10-43(11-13-44)29(47)18-6-8-37-9-7-18;2-1-3/h2-5,14-18,37H,6-13,36H2,1H3,(H,40,46);1H,(H,2,3). The quantitative estimate of drug-likeness (QED) is 0.214.